The fraction of sp³-hybridized carbons (Fsp3) is 0.250. The largest absolute Gasteiger partial charge is 0.496 e. The van der Waals surface area contributed by atoms with Gasteiger partial charge in [-0.3, -0.25) is 4.79 Å². The van der Waals surface area contributed by atoms with E-state index in [0.29, 0.717) is 23.6 Å². The van der Waals surface area contributed by atoms with E-state index in [1.54, 1.807) is 13.3 Å². The maximum absolute atomic E-state index is 11.8. The Morgan fingerprint density at radius 3 is 3.00 bits per heavy atom. The fourth-order valence-electron chi connectivity index (χ4n) is 1.76. The Labute approximate surface area is 98.4 Å². The van der Waals surface area contributed by atoms with E-state index in [1.807, 2.05) is 18.2 Å². The molecule has 1 aromatic carbocycles. The van der Waals surface area contributed by atoms with Gasteiger partial charge in [-0.2, -0.15) is 0 Å². The maximum atomic E-state index is 11.8. The molecule has 0 radical (unpaired) electrons. The minimum Gasteiger partial charge on any atom is -0.496 e. The van der Waals surface area contributed by atoms with Crippen LogP contribution in [0.4, 0.5) is 0 Å². The molecule has 0 aliphatic heterocycles. The molecule has 0 spiro atoms. The molecule has 2 aromatic rings. The zero-order chi connectivity index (χ0) is 11.5. The summed E-state index contributed by atoms with van der Waals surface area (Å²) >= 11 is 5.58. The predicted octanol–water partition coefficient (Wildman–Crippen LogP) is 2.99. The number of halogens is 1. The van der Waals surface area contributed by atoms with E-state index in [1.165, 1.54) is 0 Å². The summed E-state index contributed by atoms with van der Waals surface area (Å²) in [5.74, 6) is 1.07. The van der Waals surface area contributed by atoms with Crippen molar-refractivity contribution in [2.24, 2.45) is 0 Å². The minimum absolute atomic E-state index is 0.0331. The third kappa shape index (κ3) is 1.78. The number of alkyl halides is 1. The van der Waals surface area contributed by atoms with Crippen LogP contribution in [0.15, 0.2) is 24.4 Å². The highest BCUT2D eigenvalue weighted by molar-refractivity contribution is 6.20. The number of ether oxygens (including phenoxy) is 1. The van der Waals surface area contributed by atoms with Crippen molar-refractivity contribution in [3.63, 3.8) is 0 Å². The highest BCUT2D eigenvalue weighted by Gasteiger charge is 2.14. The number of aromatic nitrogens is 1. The Bertz CT molecular complexity index is 519. The number of aromatic amines is 1. The summed E-state index contributed by atoms with van der Waals surface area (Å²) in [5, 5.41) is 0.833. The van der Waals surface area contributed by atoms with E-state index >= 15 is 0 Å². The van der Waals surface area contributed by atoms with Gasteiger partial charge in [-0.05, 0) is 12.1 Å². The Balaban J connectivity index is 2.58. The van der Waals surface area contributed by atoms with E-state index < -0.39 is 0 Å². The van der Waals surface area contributed by atoms with Crippen molar-refractivity contribution in [3.8, 4) is 5.75 Å². The number of hydrogen-bond donors (Lipinski definition) is 1. The molecule has 0 saturated carbocycles. The normalized spacial score (nSPS) is 10.6. The molecule has 3 nitrogen and oxygen atoms in total. The molecule has 4 heteroatoms. The molecule has 0 aliphatic rings. The van der Waals surface area contributed by atoms with E-state index in [0.717, 1.165) is 10.9 Å². The first-order valence-corrected chi connectivity index (χ1v) is 5.54. The molecule has 1 N–H and O–H groups in total. The zero-order valence-electron chi connectivity index (χ0n) is 8.92. The topological polar surface area (TPSA) is 42.1 Å². The number of fused-ring (bicyclic) bond motifs is 1. The molecule has 0 atom stereocenters. The number of methoxy groups -OCH3 is 1. The van der Waals surface area contributed by atoms with Crippen molar-refractivity contribution in [1.82, 2.24) is 4.98 Å². The van der Waals surface area contributed by atoms with Gasteiger partial charge in [0.05, 0.1) is 12.5 Å². The molecule has 0 fully saturated rings. The van der Waals surface area contributed by atoms with Crippen LogP contribution in [0.1, 0.15) is 16.8 Å². The van der Waals surface area contributed by atoms with Crippen molar-refractivity contribution in [2.75, 3.05) is 13.0 Å². The van der Waals surface area contributed by atoms with Crippen LogP contribution in [-0.4, -0.2) is 23.8 Å². The van der Waals surface area contributed by atoms with Crippen LogP contribution < -0.4 is 4.74 Å². The van der Waals surface area contributed by atoms with E-state index in [2.05, 4.69) is 4.98 Å². The van der Waals surface area contributed by atoms with Crippen molar-refractivity contribution >= 4 is 28.3 Å². The van der Waals surface area contributed by atoms with Gasteiger partial charge in [0.2, 0.25) is 0 Å². The lowest BCUT2D eigenvalue weighted by Gasteiger charge is -2.03. The number of carbonyl (C=O) groups is 1. The number of benzene rings is 1. The molecule has 0 unspecified atom stereocenters. The molecule has 0 aliphatic carbocycles. The second kappa shape index (κ2) is 4.58. The predicted molar refractivity (Wildman–Crippen MR) is 64.5 cm³/mol. The molecule has 1 heterocycles. The summed E-state index contributed by atoms with van der Waals surface area (Å²) in [6.45, 7) is 0. The summed E-state index contributed by atoms with van der Waals surface area (Å²) < 4.78 is 5.25. The first-order chi connectivity index (χ1) is 7.77. The third-order valence-corrected chi connectivity index (χ3v) is 2.70. The molecule has 84 valence electrons. The molecule has 1 aromatic heterocycles. The fourth-order valence-corrected chi connectivity index (χ4v) is 1.93. The van der Waals surface area contributed by atoms with Gasteiger partial charge in [-0.15, -0.1) is 11.6 Å². The summed E-state index contributed by atoms with van der Waals surface area (Å²) in [7, 11) is 1.59. The first kappa shape index (κ1) is 11.0. The molecule has 0 bridgehead atoms. The van der Waals surface area contributed by atoms with E-state index in [9.17, 15) is 4.79 Å². The first-order valence-electron chi connectivity index (χ1n) is 5.01. The Kier molecular flexibility index (Phi) is 3.15. The van der Waals surface area contributed by atoms with Gasteiger partial charge >= 0.3 is 0 Å². The molecule has 16 heavy (non-hydrogen) atoms. The number of hydrogen-bond acceptors (Lipinski definition) is 2. The Morgan fingerprint density at radius 2 is 2.31 bits per heavy atom. The average Bonchev–Trinajstić information content (AvgIpc) is 2.72. The zero-order valence-corrected chi connectivity index (χ0v) is 9.67. The molecular formula is C12H12ClNO2. The van der Waals surface area contributed by atoms with Gasteiger partial charge < -0.3 is 9.72 Å². The summed E-state index contributed by atoms with van der Waals surface area (Å²) in [4.78, 5) is 14.9. The van der Waals surface area contributed by atoms with Gasteiger partial charge in [0.15, 0.2) is 5.78 Å². The van der Waals surface area contributed by atoms with E-state index in [-0.39, 0.29) is 5.78 Å². The molecule has 2 rings (SSSR count). The molecular weight excluding hydrogens is 226 g/mol. The standard InChI is InChI=1S/C12H12ClNO2/c1-16-11-4-2-3-9-12(11)8(7-14-9)10(15)5-6-13/h2-4,7,14H,5-6H2,1H3. The van der Waals surface area contributed by atoms with Crippen LogP contribution in [0, 0.1) is 0 Å². The van der Waals surface area contributed by atoms with E-state index in [4.69, 9.17) is 16.3 Å². The van der Waals surface area contributed by atoms with Crippen LogP contribution in [0.25, 0.3) is 10.9 Å². The number of rotatable bonds is 4. The van der Waals surface area contributed by atoms with Gasteiger partial charge in [0, 0.05) is 29.6 Å². The second-order valence-electron chi connectivity index (χ2n) is 3.45. The monoisotopic (exact) mass is 237 g/mol. The van der Waals surface area contributed by atoms with Crippen LogP contribution in [0.2, 0.25) is 0 Å². The lowest BCUT2D eigenvalue weighted by atomic mass is 10.1. The average molecular weight is 238 g/mol. The SMILES string of the molecule is COc1cccc2[nH]cc(C(=O)CCCl)c12. The number of nitrogens with one attached hydrogen (secondary N) is 1. The van der Waals surface area contributed by atoms with Gasteiger partial charge in [0.1, 0.15) is 5.75 Å². The van der Waals surface area contributed by atoms with Crippen LogP contribution in [0.5, 0.6) is 5.75 Å². The van der Waals surface area contributed by atoms with Crippen LogP contribution >= 0.6 is 11.6 Å². The van der Waals surface area contributed by atoms with Crippen LogP contribution in [-0.2, 0) is 0 Å². The second-order valence-corrected chi connectivity index (χ2v) is 3.83. The van der Waals surface area contributed by atoms with Crippen molar-refractivity contribution < 1.29 is 9.53 Å². The van der Waals surface area contributed by atoms with Crippen LogP contribution in [0.3, 0.4) is 0 Å². The quantitative estimate of drug-likeness (QED) is 0.656. The summed E-state index contributed by atoms with van der Waals surface area (Å²) in [6, 6.07) is 5.64. The lowest BCUT2D eigenvalue weighted by Crippen LogP contribution is -1.99. The van der Waals surface area contributed by atoms with Crippen molar-refractivity contribution in [1.29, 1.82) is 0 Å². The lowest BCUT2D eigenvalue weighted by molar-refractivity contribution is 0.0990. The Morgan fingerprint density at radius 1 is 1.50 bits per heavy atom. The van der Waals surface area contributed by atoms with Gasteiger partial charge in [-0.1, -0.05) is 6.07 Å². The minimum atomic E-state index is 0.0331. The molecule has 0 saturated heterocycles. The smallest absolute Gasteiger partial charge is 0.166 e. The number of carbonyl (C=O) groups excluding carboxylic acids is 1. The number of ketones is 1. The Hall–Kier alpha value is -1.48. The van der Waals surface area contributed by atoms with Gasteiger partial charge in [0.25, 0.3) is 0 Å². The highest BCUT2D eigenvalue weighted by atomic mass is 35.5. The maximum Gasteiger partial charge on any atom is 0.166 e. The number of Topliss-reactive ketones (excluding diaryl/α,β-unsaturated/α-hetero) is 1. The van der Waals surface area contributed by atoms with Gasteiger partial charge in [-0.25, -0.2) is 0 Å². The highest BCUT2D eigenvalue weighted by Crippen LogP contribution is 2.29. The third-order valence-electron chi connectivity index (χ3n) is 2.51. The molecule has 0 amide bonds. The summed E-state index contributed by atoms with van der Waals surface area (Å²) in [5.41, 5.74) is 1.55. The van der Waals surface area contributed by atoms with Crippen molar-refractivity contribution in [2.45, 2.75) is 6.42 Å². The van der Waals surface area contributed by atoms with Crippen molar-refractivity contribution in [3.05, 3.63) is 30.0 Å². The summed E-state index contributed by atoms with van der Waals surface area (Å²) in [6.07, 6.45) is 2.05. The number of H-pyrrole nitrogens is 1.